The molecule has 2 atom stereocenters. The van der Waals surface area contributed by atoms with Crippen molar-refractivity contribution in [2.75, 3.05) is 43.5 Å². The maximum Gasteiger partial charge on any atom is 0.151 e. The Balaban J connectivity index is 1.37. The van der Waals surface area contributed by atoms with Gasteiger partial charge >= 0.3 is 0 Å². The maximum absolute atomic E-state index is 15.0. The van der Waals surface area contributed by atoms with Crippen molar-refractivity contribution in [2.45, 2.75) is 31.6 Å². The van der Waals surface area contributed by atoms with Gasteiger partial charge in [0.25, 0.3) is 0 Å². The van der Waals surface area contributed by atoms with E-state index in [0.717, 1.165) is 17.6 Å². The Labute approximate surface area is 189 Å². The Morgan fingerprint density at radius 2 is 2.25 bits per heavy atom. The fourth-order valence-corrected chi connectivity index (χ4v) is 4.64. The lowest BCUT2D eigenvalue weighted by Gasteiger charge is -2.42. The Morgan fingerprint density at radius 3 is 2.94 bits per heavy atom. The Kier molecular flexibility index (Phi) is 5.63. The first-order valence-electron chi connectivity index (χ1n) is 10.7. The number of halogens is 2. The van der Waals surface area contributed by atoms with Crippen molar-refractivity contribution in [2.24, 2.45) is 0 Å². The minimum atomic E-state index is -1.06. The van der Waals surface area contributed by atoms with Gasteiger partial charge in [-0.3, -0.25) is 4.90 Å². The zero-order chi connectivity index (χ0) is 22.2. The van der Waals surface area contributed by atoms with Crippen molar-refractivity contribution in [3.8, 4) is 6.07 Å². The molecule has 2 fully saturated rings. The lowest BCUT2D eigenvalue weighted by Crippen LogP contribution is -2.55. The first-order valence-corrected chi connectivity index (χ1v) is 11.1. The molecule has 3 aromatic heterocycles. The largest absolute Gasteiger partial charge is 0.385 e. The smallest absolute Gasteiger partial charge is 0.151 e. The number of nitriles is 1. The highest BCUT2D eigenvalue weighted by molar-refractivity contribution is 6.32. The third-order valence-corrected chi connectivity index (χ3v) is 6.49. The zero-order valence-electron chi connectivity index (χ0n) is 17.6. The summed E-state index contributed by atoms with van der Waals surface area (Å²) in [6, 6.07) is 3.91. The monoisotopic (exact) mass is 458 g/mol. The van der Waals surface area contributed by atoms with Gasteiger partial charge in [0, 0.05) is 31.9 Å². The summed E-state index contributed by atoms with van der Waals surface area (Å²) in [5.74, 6) is 0.540. The van der Waals surface area contributed by atoms with Crippen LogP contribution in [0, 0.1) is 11.3 Å². The molecule has 2 saturated heterocycles. The molecule has 0 bridgehead atoms. The second kappa shape index (κ2) is 8.58. The molecule has 0 amide bonds. The van der Waals surface area contributed by atoms with E-state index in [1.807, 2.05) is 13.0 Å². The summed E-state index contributed by atoms with van der Waals surface area (Å²) >= 11 is 6.60. The summed E-state index contributed by atoms with van der Waals surface area (Å²) in [4.78, 5) is 9.74. The van der Waals surface area contributed by atoms with Crippen LogP contribution in [-0.4, -0.2) is 69.7 Å². The average Bonchev–Trinajstić information content (AvgIpc) is 3.31. The van der Waals surface area contributed by atoms with Crippen molar-refractivity contribution in [3.63, 3.8) is 0 Å². The van der Waals surface area contributed by atoms with Crippen LogP contribution in [0.25, 0.3) is 11.0 Å². The molecular weight excluding hydrogens is 435 g/mol. The fraction of sp³-hybridized carbons (Fsp3) is 0.476. The first-order chi connectivity index (χ1) is 15.6. The number of hydrogen-bond acceptors (Lipinski definition) is 7. The van der Waals surface area contributed by atoms with Gasteiger partial charge in [0.1, 0.15) is 23.7 Å². The van der Waals surface area contributed by atoms with Crippen LogP contribution >= 0.6 is 11.6 Å². The summed E-state index contributed by atoms with van der Waals surface area (Å²) in [6.07, 6.45) is 2.80. The lowest BCUT2D eigenvalue weighted by atomic mass is 10.0. The molecule has 0 unspecified atom stereocenters. The van der Waals surface area contributed by atoms with E-state index in [1.165, 1.54) is 0 Å². The second-order valence-corrected chi connectivity index (χ2v) is 8.46. The zero-order valence-corrected chi connectivity index (χ0v) is 18.4. The predicted molar refractivity (Wildman–Crippen MR) is 120 cm³/mol. The van der Waals surface area contributed by atoms with Gasteiger partial charge in [0.2, 0.25) is 0 Å². The summed E-state index contributed by atoms with van der Waals surface area (Å²) in [5, 5.41) is 21.3. The molecule has 0 radical (unpaired) electrons. The normalized spacial score (nSPS) is 21.9. The van der Waals surface area contributed by atoms with Gasteiger partial charge < -0.3 is 20.4 Å². The number of aromatic nitrogens is 4. The summed E-state index contributed by atoms with van der Waals surface area (Å²) in [6.45, 7) is 5.17. The number of anilines is 3. The molecule has 5 heterocycles. The van der Waals surface area contributed by atoms with Crippen LogP contribution in [-0.2, 0) is 4.74 Å². The van der Waals surface area contributed by atoms with Gasteiger partial charge in [0.05, 0.1) is 53.8 Å². The second-order valence-electron chi connectivity index (χ2n) is 8.10. The molecule has 168 valence electrons. The number of H-pyrrole nitrogens is 1. The molecule has 2 aliphatic rings. The number of aromatic amines is 1. The molecular formula is C21H24ClFN8O. The van der Waals surface area contributed by atoms with E-state index in [0.29, 0.717) is 66.6 Å². The number of fused-ring (bicyclic) bond motifs is 1. The molecule has 2 aliphatic heterocycles. The SMILES string of the molecule is CCNc1cc(Nc2cnn([C@H]3CCN(C4COC4)C[C@@H]3F)c2Cl)nc2[nH]cc(C#N)c12. The highest BCUT2D eigenvalue weighted by Crippen LogP contribution is 2.35. The van der Waals surface area contributed by atoms with E-state index in [4.69, 9.17) is 16.3 Å². The van der Waals surface area contributed by atoms with Gasteiger partial charge in [-0.15, -0.1) is 0 Å². The molecule has 32 heavy (non-hydrogen) atoms. The van der Waals surface area contributed by atoms with Crippen LogP contribution in [0.1, 0.15) is 24.9 Å². The quantitative estimate of drug-likeness (QED) is 0.519. The summed E-state index contributed by atoms with van der Waals surface area (Å²) < 4.78 is 21.8. The van der Waals surface area contributed by atoms with Gasteiger partial charge in [0.15, 0.2) is 5.15 Å². The average molecular weight is 459 g/mol. The Bertz CT molecular complexity index is 1170. The molecule has 5 rings (SSSR count). The minimum Gasteiger partial charge on any atom is -0.385 e. The number of pyridine rings is 1. The molecule has 0 aromatic carbocycles. The van der Waals surface area contributed by atoms with Crippen molar-refractivity contribution in [3.05, 3.63) is 29.2 Å². The Morgan fingerprint density at radius 1 is 1.41 bits per heavy atom. The van der Waals surface area contributed by atoms with Crippen molar-refractivity contribution < 1.29 is 9.13 Å². The summed E-state index contributed by atoms with van der Waals surface area (Å²) in [5.41, 5.74) is 2.45. The number of rotatable bonds is 6. The minimum absolute atomic E-state index is 0.320. The topological polar surface area (TPSA) is 107 Å². The molecule has 0 aliphatic carbocycles. The Hall–Kier alpha value is -2.87. The van der Waals surface area contributed by atoms with Crippen molar-refractivity contribution in [1.82, 2.24) is 24.6 Å². The van der Waals surface area contributed by atoms with E-state index in [2.05, 4.69) is 36.7 Å². The van der Waals surface area contributed by atoms with Crippen LogP contribution in [0.2, 0.25) is 5.15 Å². The van der Waals surface area contributed by atoms with E-state index in [1.54, 1.807) is 17.1 Å². The molecule has 3 aromatic rings. The van der Waals surface area contributed by atoms with Gasteiger partial charge in [-0.05, 0) is 13.3 Å². The van der Waals surface area contributed by atoms with Crippen LogP contribution in [0.15, 0.2) is 18.5 Å². The highest BCUT2D eigenvalue weighted by Gasteiger charge is 2.37. The number of alkyl halides is 1. The van der Waals surface area contributed by atoms with Crippen LogP contribution in [0.5, 0.6) is 0 Å². The number of piperidine rings is 1. The summed E-state index contributed by atoms with van der Waals surface area (Å²) in [7, 11) is 0. The van der Waals surface area contributed by atoms with E-state index < -0.39 is 12.2 Å². The number of nitrogens with zero attached hydrogens (tertiary/aromatic N) is 5. The van der Waals surface area contributed by atoms with Crippen LogP contribution in [0.3, 0.4) is 0 Å². The van der Waals surface area contributed by atoms with Gasteiger partial charge in [-0.1, -0.05) is 11.6 Å². The first kappa shape index (κ1) is 21.0. The fourth-order valence-electron chi connectivity index (χ4n) is 4.37. The highest BCUT2D eigenvalue weighted by atomic mass is 35.5. The number of hydrogen-bond donors (Lipinski definition) is 3. The third kappa shape index (κ3) is 3.66. The van der Waals surface area contributed by atoms with Crippen molar-refractivity contribution >= 4 is 39.8 Å². The van der Waals surface area contributed by atoms with E-state index in [9.17, 15) is 9.65 Å². The molecule has 11 heteroatoms. The maximum atomic E-state index is 15.0. The standard InChI is InChI=1S/C21H24ClFN8O/c1-2-25-15-5-18(29-21-19(15)12(6-24)7-26-21)28-16-8-27-31(20(16)22)17-3-4-30(9-14(17)23)13-10-32-11-13/h5,7-8,13-14,17H,2-4,9-11H2,1H3,(H3,25,26,28,29)/t14-,17-/m0/s1. The van der Waals surface area contributed by atoms with Gasteiger partial charge in [-0.2, -0.15) is 10.4 Å². The molecule has 0 saturated carbocycles. The van der Waals surface area contributed by atoms with Gasteiger partial charge in [-0.25, -0.2) is 14.1 Å². The molecule has 9 nitrogen and oxygen atoms in total. The van der Waals surface area contributed by atoms with Crippen LogP contribution < -0.4 is 10.6 Å². The third-order valence-electron chi connectivity index (χ3n) is 6.12. The lowest BCUT2D eigenvalue weighted by molar-refractivity contribution is -0.0847. The van der Waals surface area contributed by atoms with Crippen molar-refractivity contribution in [1.29, 1.82) is 5.26 Å². The number of nitrogens with one attached hydrogen (secondary N) is 3. The predicted octanol–water partition coefficient (Wildman–Crippen LogP) is 3.44. The number of likely N-dealkylation sites (tertiary alicyclic amines) is 1. The molecule has 0 spiro atoms. The van der Waals surface area contributed by atoms with E-state index >= 15 is 0 Å². The van der Waals surface area contributed by atoms with E-state index in [-0.39, 0.29) is 0 Å². The molecule has 3 N–H and O–H groups in total. The number of ether oxygens (including phenoxy) is 1. The van der Waals surface area contributed by atoms with Crippen LogP contribution in [0.4, 0.5) is 21.6 Å².